The van der Waals surface area contributed by atoms with Crippen LogP contribution in [0.4, 0.5) is 13.2 Å². The third kappa shape index (κ3) is 8.57. The molecule has 0 radical (unpaired) electrons. The van der Waals surface area contributed by atoms with Gasteiger partial charge < -0.3 is 10.6 Å². The molecule has 3 N–H and O–H groups in total. The van der Waals surface area contributed by atoms with Gasteiger partial charge in [-0.05, 0) is 32.1 Å². The topological polar surface area (TPSA) is 72.6 Å². The molecule has 0 atom stereocenters. The molecule has 138 valence electrons. The van der Waals surface area contributed by atoms with Gasteiger partial charge in [-0.1, -0.05) is 6.58 Å². The first kappa shape index (κ1) is 21.0. The van der Waals surface area contributed by atoms with Crippen molar-refractivity contribution in [3.63, 3.8) is 0 Å². The van der Waals surface area contributed by atoms with Gasteiger partial charge in [-0.2, -0.15) is 25.8 Å². The van der Waals surface area contributed by atoms with E-state index in [0.717, 1.165) is 11.9 Å². The summed E-state index contributed by atoms with van der Waals surface area (Å²) in [5.74, 6) is 0.742. The quantitative estimate of drug-likeness (QED) is 0.409. The summed E-state index contributed by atoms with van der Waals surface area (Å²) in [4.78, 5) is 7.43. The Labute approximate surface area is 150 Å². The number of halogens is 3. The summed E-state index contributed by atoms with van der Waals surface area (Å²) in [5.41, 5.74) is -0.303. The maximum Gasteiger partial charge on any atom is 0.433 e. The number of dihydropyridines is 1. The lowest BCUT2D eigenvalue weighted by Crippen LogP contribution is -2.36. The highest BCUT2D eigenvalue weighted by molar-refractivity contribution is 7.81. The summed E-state index contributed by atoms with van der Waals surface area (Å²) in [5, 5.41) is 13.9. The summed E-state index contributed by atoms with van der Waals surface area (Å²) in [7, 11) is 0. The molecule has 0 saturated heterocycles. The van der Waals surface area contributed by atoms with Crippen LogP contribution in [0.25, 0.3) is 0 Å². The maximum absolute atomic E-state index is 12.5. The molecule has 1 aliphatic rings. The predicted molar refractivity (Wildman–Crippen MR) is 99.8 cm³/mol. The van der Waals surface area contributed by atoms with Gasteiger partial charge in [0.1, 0.15) is 17.4 Å². The number of hydrogen-bond donors (Lipinski definition) is 4. The van der Waals surface area contributed by atoms with Gasteiger partial charge in [0, 0.05) is 36.2 Å². The SMILES string of the molecule is C=C/C(=N\C=C/CNC1=CC(NCC(C)(C)S)=NC(=N)C1)C(F)(F)F. The van der Waals surface area contributed by atoms with Crippen molar-refractivity contribution in [2.75, 3.05) is 13.1 Å². The van der Waals surface area contributed by atoms with E-state index in [1.807, 2.05) is 13.8 Å². The predicted octanol–water partition coefficient (Wildman–Crippen LogP) is 3.24. The zero-order valence-electron chi connectivity index (χ0n) is 14.1. The number of thiol groups is 1. The first-order valence-electron chi connectivity index (χ1n) is 7.50. The van der Waals surface area contributed by atoms with Crippen molar-refractivity contribution >= 4 is 30.0 Å². The Kier molecular flexibility index (Phi) is 7.47. The fourth-order valence-corrected chi connectivity index (χ4v) is 1.82. The molecule has 0 aromatic rings. The molecule has 0 fully saturated rings. The Morgan fingerprint density at radius 2 is 2.12 bits per heavy atom. The molecule has 0 amide bonds. The van der Waals surface area contributed by atoms with E-state index in [0.29, 0.717) is 24.9 Å². The normalized spacial score (nSPS) is 16.6. The Balaban J connectivity index is 2.59. The van der Waals surface area contributed by atoms with E-state index in [-0.39, 0.29) is 17.1 Å². The van der Waals surface area contributed by atoms with Gasteiger partial charge in [-0.3, -0.25) is 10.4 Å². The average Bonchev–Trinajstić information content (AvgIpc) is 2.46. The fraction of sp³-hybridized carbons (Fsp3) is 0.438. The first-order valence-corrected chi connectivity index (χ1v) is 7.95. The van der Waals surface area contributed by atoms with Crippen molar-refractivity contribution in [2.45, 2.75) is 31.2 Å². The molecule has 25 heavy (non-hydrogen) atoms. The van der Waals surface area contributed by atoms with Gasteiger partial charge >= 0.3 is 6.18 Å². The Hall–Kier alpha value is -2.03. The van der Waals surface area contributed by atoms with Gasteiger partial charge in [0.2, 0.25) is 0 Å². The molecule has 1 heterocycles. The first-order chi connectivity index (χ1) is 11.5. The van der Waals surface area contributed by atoms with Gasteiger partial charge in [0.25, 0.3) is 0 Å². The molecule has 0 aromatic carbocycles. The molecule has 5 nitrogen and oxygen atoms in total. The molecule has 9 heteroatoms. The van der Waals surface area contributed by atoms with Crippen LogP contribution in [0.15, 0.2) is 46.7 Å². The zero-order valence-corrected chi connectivity index (χ0v) is 15.0. The lowest BCUT2D eigenvalue weighted by molar-refractivity contribution is -0.0576. The number of alkyl halides is 3. The number of hydrogen-bond acceptors (Lipinski definition) is 5. The van der Waals surface area contributed by atoms with Crippen LogP contribution < -0.4 is 10.6 Å². The molecule has 0 aromatic heterocycles. The minimum Gasteiger partial charge on any atom is -0.384 e. The average molecular weight is 373 g/mol. The number of allylic oxidation sites excluding steroid dienone is 1. The number of amidine groups is 2. The Morgan fingerprint density at radius 3 is 2.68 bits per heavy atom. The van der Waals surface area contributed by atoms with Crippen LogP contribution in [-0.2, 0) is 0 Å². The minimum absolute atomic E-state index is 0.192. The third-order valence-corrected chi connectivity index (χ3v) is 3.03. The van der Waals surface area contributed by atoms with Crippen molar-refractivity contribution in [3.8, 4) is 0 Å². The lowest BCUT2D eigenvalue weighted by atomic mass is 10.2. The highest BCUT2D eigenvalue weighted by Crippen LogP contribution is 2.18. The van der Waals surface area contributed by atoms with Crippen LogP contribution in [0.1, 0.15) is 20.3 Å². The zero-order chi connectivity index (χ0) is 19.1. The van der Waals surface area contributed by atoms with Crippen molar-refractivity contribution in [2.24, 2.45) is 9.98 Å². The van der Waals surface area contributed by atoms with Crippen molar-refractivity contribution in [1.82, 2.24) is 10.6 Å². The van der Waals surface area contributed by atoms with Crippen LogP contribution >= 0.6 is 12.6 Å². The summed E-state index contributed by atoms with van der Waals surface area (Å²) >= 11 is 4.41. The number of rotatable bonds is 7. The summed E-state index contributed by atoms with van der Waals surface area (Å²) in [6.07, 6.45) is 0.767. The summed E-state index contributed by atoms with van der Waals surface area (Å²) in [6.45, 7) is 7.84. The second kappa shape index (κ2) is 8.89. The van der Waals surface area contributed by atoms with Crippen LogP contribution in [0.3, 0.4) is 0 Å². The van der Waals surface area contributed by atoms with Gasteiger partial charge in [0.05, 0.1) is 0 Å². The molecular weight excluding hydrogens is 351 g/mol. The van der Waals surface area contributed by atoms with Gasteiger partial charge in [-0.15, -0.1) is 0 Å². The third-order valence-electron chi connectivity index (χ3n) is 2.88. The van der Waals surface area contributed by atoms with Crippen LogP contribution in [0, 0.1) is 5.41 Å². The van der Waals surface area contributed by atoms with Crippen molar-refractivity contribution in [3.05, 3.63) is 36.7 Å². The van der Waals surface area contributed by atoms with E-state index >= 15 is 0 Å². The van der Waals surface area contributed by atoms with Crippen molar-refractivity contribution < 1.29 is 13.2 Å². The highest BCUT2D eigenvalue weighted by atomic mass is 32.1. The van der Waals surface area contributed by atoms with Crippen LogP contribution in [0.5, 0.6) is 0 Å². The molecule has 0 spiro atoms. The Bertz CT molecular complexity index is 625. The summed E-state index contributed by atoms with van der Waals surface area (Å²) in [6, 6.07) is 0. The molecular formula is C16H22F3N5S. The maximum atomic E-state index is 12.5. The number of nitrogens with one attached hydrogen (secondary N) is 3. The second-order valence-electron chi connectivity index (χ2n) is 5.94. The molecule has 1 rings (SSSR count). The van der Waals surface area contributed by atoms with Gasteiger partial charge in [-0.25, -0.2) is 4.99 Å². The fourth-order valence-electron chi connectivity index (χ4n) is 1.74. The molecule has 0 saturated carbocycles. The van der Waals surface area contributed by atoms with E-state index in [4.69, 9.17) is 5.41 Å². The van der Waals surface area contributed by atoms with E-state index in [1.165, 1.54) is 6.08 Å². The highest BCUT2D eigenvalue weighted by Gasteiger charge is 2.32. The smallest absolute Gasteiger partial charge is 0.384 e. The number of aliphatic imine (C=N–C) groups is 2. The van der Waals surface area contributed by atoms with Crippen LogP contribution in [-0.4, -0.2) is 41.4 Å². The largest absolute Gasteiger partial charge is 0.433 e. The minimum atomic E-state index is -4.52. The van der Waals surface area contributed by atoms with E-state index in [9.17, 15) is 13.2 Å². The summed E-state index contributed by atoms with van der Waals surface area (Å²) < 4.78 is 37.1. The molecule has 0 bridgehead atoms. The number of nitrogens with zero attached hydrogens (tertiary/aromatic N) is 2. The molecule has 0 aliphatic carbocycles. The molecule has 1 aliphatic heterocycles. The van der Waals surface area contributed by atoms with E-state index in [1.54, 1.807) is 6.08 Å². The van der Waals surface area contributed by atoms with Gasteiger partial charge in [0.15, 0.2) is 0 Å². The van der Waals surface area contributed by atoms with Crippen LogP contribution in [0.2, 0.25) is 0 Å². The van der Waals surface area contributed by atoms with E-state index < -0.39 is 11.9 Å². The second-order valence-corrected chi connectivity index (χ2v) is 7.15. The standard InChI is InChI=1S/C16H22F3N5S/c1-4-12(16(17,18)19)22-7-5-6-21-11-8-13(20)24-14(9-11)23-10-15(2,3)25/h4-5,7,9,21,25H,1,6,8,10H2,2-3H3,(H2,20,23,24)/b7-5-,22-12+. The Morgan fingerprint density at radius 1 is 1.44 bits per heavy atom. The van der Waals surface area contributed by atoms with Crippen molar-refractivity contribution in [1.29, 1.82) is 5.41 Å². The monoisotopic (exact) mass is 373 g/mol. The van der Waals surface area contributed by atoms with E-state index in [2.05, 4.69) is 39.8 Å². The lowest BCUT2D eigenvalue weighted by Gasteiger charge is -2.21. The molecule has 0 unspecified atom stereocenters.